The van der Waals surface area contributed by atoms with Crippen molar-refractivity contribution in [1.29, 1.82) is 0 Å². The summed E-state index contributed by atoms with van der Waals surface area (Å²) in [5.74, 6) is 0. The Morgan fingerprint density at radius 1 is 1.86 bits per heavy atom. The van der Waals surface area contributed by atoms with Gasteiger partial charge in [-0.15, -0.1) is 0 Å². The van der Waals surface area contributed by atoms with Gasteiger partial charge in [-0.3, -0.25) is 17.0 Å². The first-order chi connectivity index (χ1) is 2.64. The van der Waals surface area contributed by atoms with E-state index in [2.05, 4.69) is 6.92 Å². The molecular weight excluding hydrogens is 89.0 g/mol. The van der Waals surface area contributed by atoms with Crippen LogP contribution in [-0.4, -0.2) is 11.0 Å². The Morgan fingerprint density at radius 2 is 2.00 bits per heavy atom. The molecule has 0 saturated heterocycles. The Bertz CT molecular complexity index is 64.0. The van der Waals surface area contributed by atoms with Crippen LogP contribution in [0.3, 0.4) is 0 Å². The molecule has 1 atom stereocenters. The van der Waals surface area contributed by atoms with Crippen LogP contribution < -0.4 is 18.9 Å². The zero-order chi connectivity index (χ0) is 5.15. The first kappa shape index (κ1) is 10.1. The van der Waals surface area contributed by atoms with Crippen molar-refractivity contribution >= 4 is 0 Å². The molecular formula is C3H6LiNO2. The summed E-state index contributed by atoms with van der Waals surface area (Å²) in [7, 11) is 0. The molecule has 0 aliphatic carbocycles. The van der Waals surface area contributed by atoms with E-state index in [4.69, 9.17) is 0 Å². The minimum Gasteiger partial charge on any atom is -0.270 e. The molecule has 0 bridgehead atoms. The maximum atomic E-state index is 9.44. The van der Waals surface area contributed by atoms with Crippen molar-refractivity contribution in [1.82, 2.24) is 0 Å². The fraction of sp³-hybridized carbons (Fsp3) is 0.667. The fourth-order valence-electron chi connectivity index (χ4n) is 0. The monoisotopic (exact) mass is 95.1 g/mol. The van der Waals surface area contributed by atoms with E-state index in [1.54, 1.807) is 0 Å². The molecule has 7 heavy (non-hydrogen) atoms. The Labute approximate surface area is 54.4 Å². The van der Waals surface area contributed by atoms with Crippen LogP contribution in [-0.2, 0) is 0 Å². The number of hydrogen-bond donors (Lipinski definition) is 0. The molecule has 0 amide bonds. The van der Waals surface area contributed by atoms with E-state index in [-0.39, 0.29) is 18.9 Å². The van der Waals surface area contributed by atoms with E-state index in [9.17, 15) is 10.1 Å². The van der Waals surface area contributed by atoms with E-state index in [0.717, 1.165) is 0 Å². The summed E-state index contributed by atoms with van der Waals surface area (Å²) in [6.07, 6.45) is 0. The van der Waals surface area contributed by atoms with Gasteiger partial charge in [-0.25, -0.2) is 0 Å². The Balaban J connectivity index is 0. The molecule has 0 rings (SSSR count). The van der Waals surface area contributed by atoms with E-state index in [1.807, 2.05) is 0 Å². The SMILES string of the molecule is [CH2-]C(C)[N+](=O)[O-].[Li+]. The first-order valence-electron chi connectivity index (χ1n) is 1.61. The van der Waals surface area contributed by atoms with Crippen molar-refractivity contribution < 1.29 is 23.8 Å². The fourth-order valence-corrected chi connectivity index (χ4v) is 0. The summed E-state index contributed by atoms with van der Waals surface area (Å²) >= 11 is 0. The topological polar surface area (TPSA) is 43.1 Å². The molecule has 0 heterocycles. The van der Waals surface area contributed by atoms with Crippen LogP contribution in [0.1, 0.15) is 6.92 Å². The molecule has 3 nitrogen and oxygen atoms in total. The van der Waals surface area contributed by atoms with Crippen LogP contribution in [0.15, 0.2) is 0 Å². The zero-order valence-electron chi connectivity index (χ0n) is 4.55. The van der Waals surface area contributed by atoms with Crippen molar-refractivity contribution in [3.8, 4) is 0 Å². The normalized spacial score (nSPS) is 11.7. The minimum atomic E-state index is -0.676. The van der Waals surface area contributed by atoms with Crippen LogP contribution in [0.4, 0.5) is 0 Å². The number of rotatable bonds is 1. The van der Waals surface area contributed by atoms with Crippen molar-refractivity contribution in [3.63, 3.8) is 0 Å². The largest absolute Gasteiger partial charge is 1.00 e. The summed E-state index contributed by atoms with van der Waals surface area (Å²) < 4.78 is 0. The van der Waals surface area contributed by atoms with Crippen LogP contribution in [0, 0.1) is 17.0 Å². The molecule has 0 aliphatic rings. The van der Waals surface area contributed by atoms with E-state index in [1.165, 1.54) is 6.92 Å². The van der Waals surface area contributed by atoms with E-state index in [0.29, 0.717) is 0 Å². The van der Waals surface area contributed by atoms with Gasteiger partial charge in [0, 0.05) is 0 Å². The zero-order valence-corrected chi connectivity index (χ0v) is 4.55. The van der Waals surface area contributed by atoms with Gasteiger partial charge in [0.15, 0.2) is 0 Å². The van der Waals surface area contributed by atoms with Crippen molar-refractivity contribution in [2.75, 3.05) is 0 Å². The molecule has 0 spiro atoms. The van der Waals surface area contributed by atoms with Crippen molar-refractivity contribution in [3.05, 3.63) is 17.0 Å². The second-order valence-electron chi connectivity index (χ2n) is 1.13. The molecule has 0 aliphatic heterocycles. The number of hydrogen-bond acceptors (Lipinski definition) is 2. The molecule has 1 unspecified atom stereocenters. The molecule has 0 saturated carbocycles. The minimum absolute atomic E-state index is 0. The smallest absolute Gasteiger partial charge is 0.270 e. The molecule has 0 N–H and O–H groups in total. The molecule has 4 heteroatoms. The summed E-state index contributed by atoms with van der Waals surface area (Å²) in [4.78, 5) is 9.00. The third kappa shape index (κ3) is 6.00. The third-order valence-electron chi connectivity index (χ3n) is 0.360. The van der Waals surface area contributed by atoms with Gasteiger partial charge in [0.05, 0.1) is 6.04 Å². The predicted octanol–water partition coefficient (Wildman–Crippen LogP) is -2.51. The van der Waals surface area contributed by atoms with E-state index < -0.39 is 11.0 Å². The average Bonchev–Trinajstić information content (AvgIpc) is 1.36. The van der Waals surface area contributed by atoms with Gasteiger partial charge in [0.1, 0.15) is 0 Å². The van der Waals surface area contributed by atoms with Crippen molar-refractivity contribution in [2.45, 2.75) is 13.0 Å². The summed E-state index contributed by atoms with van der Waals surface area (Å²) in [6.45, 7) is 4.57. The van der Waals surface area contributed by atoms with Crippen LogP contribution in [0.2, 0.25) is 0 Å². The number of nitro groups is 1. The Morgan fingerprint density at radius 3 is 2.00 bits per heavy atom. The maximum Gasteiger partial charge on any atom is 1.00 e. The first-order valence-corrected chi connectivity index (χ1v) is 1.61. The average molecular weight is 95.0 g/mol. The van der Waals surface area contributed by atoms with E-state index >= 15 is 0 Å². The molecule has 0 aromatic carbocycles. The summed E-state index contributed by atoms with van der Waals surface area (Å²) in [5.41, 5.74) is 0. The third-order valence-corrected chi connectivity index (χ3v) is 0.360. The van der Waals surface area contributed by atoms with Crippen LogP contribution in [0.25, 0.3) is 0 Å². The second kappa shape index (κ2) is 4.16. The van der Waals surface area contributed by atoms with Gasteiger partial charge in [0.2, 0.25) is 0 Å². The molecule has 0 fully saturated rings. The maximum absolute atomic E-state index is 9.44. The van der Waals surface area contributed by atoms with Gasteiger partial charge in [-0.1, -0.05) is 0 Å². The quantitative estimate of drug-likeness (QED) is 0.156. The molecule has 0 aromatic rings. The van der Waals surface area contributed by atoms with Gasteiger partial charge in [-0.2, -0.15) is 0 Å². The second-order valence-corrected chi connectivity index (χ2v) is 1.13. The van der Waals surface area contributed by atoms with Gasteiger partial charge in [-0.05, 0) is 11.8 Å². The van der Waals surface area contributed by atoms with Crippen LogP contribution in [0.5, 0.6) is 0 Å². The summed E-state index contributed by atoms with van der Waals surface area (Å²) in [6, 6.07) is -0.676. The van der Waals surface area contributed by atoms with Gasteiger partial charge in [0.25, 0.3) is 0 Å². The predicted molar refractivity (Wildman–Crippen MR) is 21.8 cm³/mol. The summed E-state index contributed by atoms with van der Waals surface area (Å²) in [5, 5.41) is 9.44. The van der Waals surface area contributed by atoms with Crippen LogP contribution >= 0.6 is 0 Å². The number of nitrogens with zero attached hydrogens (tertiary/aromatic N) is 1. The molecule has 36 valence electrons. The van der Waals surface area contributed by atoms with Gasteiger partial charge >= 0.3 is 18.9 Å². The Kier molecular flexibility index (Phi) is 6.00. The molecule has 0 aromatic heterocycles. The molecule has 0 radical (unpaired) electrons. The Hall–Kier alpha value is -0.00260. The van der Waals surface area contributed by atoms with Crippen molar-refractivity contribution in [2.24, 2.45) is 0 Å². The standard InChI is InChI=1S/C3H6NO2.Li/c1-3(2)4(5)6;/h3H,1H2,2H3;/q-1;+1. The van der Waals surface area contributed by atoms with Gasteiger partial charge < -0.3 is 0 Å².